The van der Waals surface area contributed by atoms with Crippen LogP contribution in [0.2, 0.25) is 0 Å². The normalized spacial score (nSPS) is 19.3. The van der Waals surface area contributed by atoms with Gasteiger partial charge in [0.2, 0.25) is 5.91 Å². The van der Waals surface area contributed by atoms with Gasteiger partial charge in [-0.25, -0.2) is 4.98 Å². The maximum absolute atomic E-state index is 12.5. The minimum Gasteiger partial charge on any atom is -0.370 e. The fourth-order valence-corrected chi connectivity index (χ4v) is 4.72. The lowest BCUT2D eigenvalue weighted by Gasteiger charge is -2.26. The SMILES string of the molecule is CC(=O)C(c1ccccc1)N1CC[C@@H](NC(=O)CCCc2ccc3c(n2)NCCC3)C1. The highest BCUT2D eigenvalue weighted by atomic mass is 16.1. The first-order chi connectivity index (χ1) is 15.1. The molecule has 2 aliphatic rings. The number of likely N-dealkylation sites (tertiary alicyclic amines) is 1. The van der Waals surface area contributed by atoms with E-state index in [1.165, 1.54) is 5.56 Å². The number of hydrogen-bond donors (Lipinski definition) is 2. The molecule has 0 saturated carbocycles. The van der Waals surface area contributed by atoms with E-state index in [4.69, 9.17) is 4.98 Å². The summed E-state index contributed by atoms with van der Waals surface area (Å²) in [5, 5.41) is 6.53. The van der Waals surface area contributed by atoms with E-state index < -0.39 is 0 Å². The van der Waals surface area contributed by atoms with E-state index in [0.717, 1.165) is 62.3 Å². The number of Topliss-reactive ketones (excluding diaryl/α,β-unsaturated/α-hetero) is 1. The molecular formula is C25H32N4O2. The molecule has 6 nitrogen and oxygen atoms in total. The molecule has 3 heterocycles. The van der Waals surface area contributed by atoms with Crippen LogP contribution >= 0.6 is 0 Å². The van der Waals surface area contributed by atoms with Crippen LogP contribution in [0.4, 0.5) is 5.82 Å². The molecule has 1 unspecified atom stereocenters. The van der Waals surface area contributed by atoms with Crippen LogP contribution in [-0.4, -0.2) is 47.3 Å². The Morgan fingerprint density at radius 1 is 1.23 bits per heavy atom. The van der Waals surface area contributed by atoms with Gasteiger partial charge >= 0.3 is 0 Å². The minimum absolute atomic E-state index is 0.0852. The van der Waals surface area contributed by atoms with Gasteiger partial charge in [0.1, 0.15) is 5.82 Å². The number of aryl methyl sites for hydroxylation is 2. The van der Waals surface area contributed by atoms with Crippen LogP contribution in [0.1, 0.15) is 55.5 Å². The maximum Gasteiger partial charge on any atom is 0.220 e. The van der Waals surface area contributed by atoms with Crippen LogP contribution in [0.25, 0.3) is 0 Å². The Morgan fingerprint density at radius 3 is 2.87 bits per heavy atom. The topological polar surface area (TPSA) is 74.3 Å². The summed E-state index contributed by atoms with van der Waals surface area (Å²) in [6.45, 7) is 4.16. The number of ketones is 1. The molecule has 4 rings (SSSR count). The number of aromatic nitrogens is 1. The molecule has 0 spiro atoms. The quantitative estimate of drug-likeness (QED) is 0.686. The third-order valence-electron chi connectivity index (χ3n) is 6.24. The van der Waals surface area contributed by atoms with Gasteiger partial charge < -0.3 is 10.6 Å². The number of hydrogen-bond acceptors (Lipinski definition) is 5. The van der Waals surface area contributed by atoms with Gasteiger partial charge in [-0.05, 0) is 56.2 Å². The zero-order valence-electron chi connectivity index (χ0n) is 18.3. The molecule has 2 atom stereocenters. The largest absolute Gasteiger partial charge is 0.370 e. The molecule has 1 fully saturated rings. The molecule has 2 aliphatic heterocycles. The van der Waals surface area contributed by atoms with E-state index in [0.29, 0.717) is 13.0 Å². The number of nitrogens with one attached hydrogen (secondary N) is 2. The molecule has 164 valence electrons. The third kappa shape index (κ3) is 5.50. The lowest BCUT2D eigenvalue weighted by Crippen LogP contribution is -2.38. The van der Waals surface area contributed by atoms with Crippen molar-refractivity contribution < 1.29 is 9.59 Å². The predicted octanol–water partition coefficient (Wildman–Crippen LogP) is 3.28. The summed E-state index contributed by atoms with van der Waals surface area (Å²) in [6.07, 6.45) is 5.21. The number of pyridine rings is 1. The van der Waals surface area contributed by atoms with Gasteiger partial charge in [0.25, 0.3) is 0 Å². The number of carbonyl (C=O) groups excluding carboxylic acids is 2. The lowest BCUT2D eigenvalue weighted by molar-refractivity contribution is -0.122. The molecule has 1 aromatic carbocycles. The molecule has 1 saturated heterocycles. The van der Waals surface area contributed by atoms with E-state index in [-0.39, 0.29) is 23.8 Å². The second-order valence-corrected chi connectivity index (χ2v) is 8.67. The molecule has 1 aromatic heterocycles. The van der Waals surface area contributed by atoms with Gasteiger partial charge in [0.05, 0.1) is 6.04 Å². The Kier molecular flexibility index (Phi) is 6.97. The van der Waals surface area contributed by atoms with Crippen molar-refractivity contribution in [2.24, 2.45) is 0 Å². The second-order valence-electron chi connectivity index (χ2n) is 8.67. The van der Waals surface area contributed by atoms with Crippen LogP contribution in [0.3, 0.4) is 0 Å². The summed E-state index contributed by atoms with van der Waals surface area (Å²) in [5.41, 5.74) is 3.35. The molecule has 2 aromatic rings. The molecule has 0 bridgehead atoms. The van der Waals surface area contributed by atoms with Gasteiger partial charge in [-0.15, -0.1) is 0 Å². The lowest BCUT2D eigenvalue weighted by atomic mass is 10.0. The van der Waals surface area contributed by atoms with Crippen LogP contribution in [0, 0.1) is 0 Å². The minimum atomic E-state index is -0.230. The highest BCUT2D eigenvalue weighted by Crippen LogP contribution is 2.26. The first-order valence-corrected chi connectivity index (χ1v) is 11.4. The fraction of sp³-hybridized carbons (Fsp3) is 0.480. The van der Waals surface area contributed by atoms with Gasteiger partial charge in [-0.2, -0.15) is 0 Å². The molecule has 6 heteroatoms. The highest BCUT2D eigenvalue weighted by Gasteiger charge is 2.32. The predicted molar refractivity (Wildman–Crippen MR) is 122 cm³/mol. The number of amides is 1. The van der Waals surface area contributed by atoms with Gasteiger partial charge in [-0.1, -0.05) is 36.4 Å². The third-order valence-corrected chi connectivity index (χ3v) is 6.24. The van der Waals surface area contributed by atoms with Crippen molar-refractivity contribution in [3.8, 4) is 0 Å². The van der Waals surface area contributed by atoms with Crippen LogP contribution in [-0.2, 0) is 22.4 Å². The maximum atomic E-state index is 12.5. The van der Waals surface area contributed by atoms with Crippen molar-refractivity contribution in [1.82, 2.24) is 15.2 Å². The van der Waals surface area contributed by atoms with E-state index in [9.17, 15) is 9.59 Å². The van der Waals surface area contributed by atoms with Crippen molar-refractivity contribution in [3.63, 3.8) is 0 Å². The number of carbonyl (C=O) groups is 2. The van der Waals surface area contributed by atoms with E-state index in [1.807, 2.05) is 30.3 Å². The number of fused-ring (bicyclic) bond motifs is 1. The van der Waals surface area contributed by atoms with Crippen LogP contribution in [0.15, 0.2) is 42.5 Å². The summed E-state index contributed by atoms with van der Waals surface area (Å²) >= 11 is 0. The molecule has 2 N–H and O–H groups in total. The zero-order valence-corrected chi connectivity index (χ0v) is 18.3. The van der Waals surface area contributed by atoms with Crippen LogP contribution in [0.5, 0.6) is 0 Å². The van der Waals surface area contributed by atoms with E-state index in [1.54, 1.807) is 6.92 Å². The first kappa shape index (κ1) is 21.5. The van der Waals surface area contributed by atoms with Crippen molar-refractivity contribution in [3.05, 3.63) is 59.3 Å². The van der Waals surface area contributed by atoms with Crippen LogP contribution < -0.4 is 10.6 Å². The van der Waals surface area contributed by atoms with Gasteiger partial charge in [0, 0.05) is 37.8 Å². The molecule has 0 radical (unpaired) electrons. The highest BCUT2D eigenvalue weighted by molar-refractivity contribution is 5.83. The monoisotopic (exact) mass is 420 g/mol. The number of nitrogens with zero attached hydrogens (tertiary/aromatic N) is 2. The average molecular weight is 421 g/mol. The summed E-state index contributed by atoms with van der Waals surface area (Å²) in [4.78, 5) is 31.7. The Balaban J connectivity index is 1.24. The van der Waals surface area contributed by atoms with Crippen molar-refractivity contribution in [2.75, 3.05) is 25.0 Å². The molecule has 0 aliphatic carbocycles. The van der Waals surface area contributed by atoms with Crippen molar-refractivity contribution >= 4 is 17.5 Å². The number of anilines is 1. The standard InChI is InChI=1S/C25H32N4O2/c1-18(30)24(19-7-3-2-4-8-19)29-16-14-22(17-29)27-23(31)11-5-10-21-13-12-20-9-6-15-26-25(20)28-21/h2-4,7-8,12-13,22,24H,5-6,9-11,14-17H2,1H3,(H,26,28)(H,27,31)/t22-,24?/m1/s1. The Labute approximate surface area is 184 Å². The summed E-state index contributed by atoms with van der Waals surface area (Å²) in [6, 6.07) is 14.0. The summed E-state index contributed by atoms with van der Waals surface area (Å²) in [7, 11) is 0. The fourth-order valence-electron chi connectivity index (χ4n) is 4.72. The van der Waals surface area contributed by atoms with E-state index >= 15 is 0 Å². The van der Waals surface area contributed by atoms with Crippen molar-refractivity contribution in [1.29, 1.82) is 0 Å². The van der Waals surface area contributed by atoms with Crippen molar-refractivity contribution in [2.45, 2.75) is 57.5 Å². The summed E-state index contributed by atoms with van der Waals surface area (Å²) < 4.78 is 0. The number of rotatable bonds is 8. The van der Waals surface area contributed by atoms with Gasteiger partial charge in [0.15, 0.2) is 5.78 Å². The molecular weight excluding hydrogens is 388 g/mol. The van der Waals surface area contributed by atoms with Gasteiger partial charge in [-0.3, -0.25) is 14.5 Å². The van der Waals surface area contributed by atoms with E-state index in [2.05, 4.69) is 27.7 Å². The molecule has 31 heavy (non-hydrogen) atoms. The Hall–Kier alpha value is -2.73. The molecule has 1 amide bonds. The first-order valence-electron chi connectivity index (χ1n) is 11.4. The zero-order chi connectivity index (χ0) is 21.6. The Morgan fingerprint density at radius 2 is 2.06 bits per heavy atom. The Bertz CT molecular complexity index is 915. The second kappa shape index (κ2) is 10.1. The number of benzene rings is 1. The average Bonchev–Trinajstić information content (AvgIpc) is 3.22. The smallest absolute Gasteiger partial charge is 0.220 e. The summed E-state index contributed by atoms with van der Waals surface area (Å²) in [5.74, 6) is 1.24.